The van der Waals surface area contributed by atoms with Gasteiger partial charge < -0.3 is 9.88 Å². The van der Waals surface area contributed by atoms with E-state index in [-0.39, 0.29) is 0 Å². The van der Waals surface area contributed by atoms with Crippen LogP contribution < -0.4 is 5.32 Å². The van der Waals surface area contributed by atoms with E-state index in [0.29, 0.717) is 0 Å². The summed E-state index contributed by atoms with van der Waals surface area (Å²) in [5, 5.41) is 4.18. The minimum absolute atomic E-state index is 0.768. The maximum absolute atomic E-state index is 6.08. The average molecular weight is 264 g/mol. The van der Waals surface area contributed by atoms with Gasteiger partial charge in [-0.25, -0.2) is 4.98 Å². The molecule has 2 rings (SSSR count). The third-order valence-electron chi connectivity index (χ3n) is 2.87. The van der Waals surface area contributed by atoms with Crippen LogP contribution >= 0.6 is 11.6 Å². The summed E-state index contributed by atoms with van der Waals surface area (Å²) in [6.45, 7) is 5.99. The highest BCUT2D eigenvalue weighted by atomic mass is 35.5. The molecule has 4 heteroatoms. The highest BCUT2D eigenvalue weighted by Gasteiger charge is 2.07. The van der Waals surface area contributed by atoms with Gasteiger partial charge in [-0.1, -0.05) is 18.5 Å². The van der Waals surface area contributed by atoms with Gasteiger partial charge in [-0.3, -0.25) is 0 Å². The van der Waals surface area contributed by atoms with Crippen LogP contribution in [0.5, 0.6) is 0 Å². The molecule has 0 aliphatic heterocycles. The molecule has 0 radical (unpaired) electrons. The van der Waals surface area contributed by atoms with Crippen molar-refractivity contribution >= 4 is 11.6 Å². The summed E-state index contributed by atoms with van der Waals surface area (Å²) in [6.07, 6.45) is 4.91. The molecule has 1 aromatic carbocycles. The summed E-state index contributed by atoms with van der Waals surface area (Å²) in [4.78, 5) is 4.26. The van der Waals surface area contributed by atoms with Gasteiger partial charge in [0.2, 0.25) is 0 Å². The maximum atomic E-state index is 6.08. The van der Waals surface area contributed by atoms with Crippen LogP contribution in [-0.2, 0) is 6.54 Å². The van der Waals surface area contributed by atoms with Crippen molar-refractivity contribution in [2.24, 2.45) is 0 Å². The second kappa shape index (κ2) is 6.03. The van der Waals surface area contributed by atoms with Crippen LogP contribution in [0.4, 0.5) is 0 Å². The molecule has 0 spiro atoms. The number of nitrogens with one attached hydrogen (secondary N) is 1. The summed E-state index contributed by atoms with van der Waals surface area (Å²) < 4.78 is 2.08. The van der Waals surface area contributed by atoms with Crippen LogP contribution in [0.1, 0.15) is 24.7 Å². The van der Waals surface area contributed by atoms with Crippen LogP contribution in [0.15, 0.2) is 30.6 Å². The molecule has 0 saturated heterocycles. The van der Waals surface area contributed by atoms with Gasteiger partial charge in [0, 0.05) is 24.0 Å². The Bertz CT molecular complexity index is 520. The number of aryl methyl sites for hydroxylation is 1. The number of benzene rings is 1. The fraction of sp³-hybridized carbons (Fsp3) is 0.357. The van der Waals surface area contributed by atoms with Crippen molar-refractivity contribution in [1.82, 2.24) is 14.9 Å². The standard InChI is InChI=1S/C14H18ClN3/c1-3-6-16-10-12-9-13(15)4-5-14(12)18-8-7-17-11(18)2/h4-5,7-9,16H,3,6,10H2,1-2H3. The molecule has 0 fully saturated rings. The van der Waals surface area contributed by atoms with Crippen LogP contribution in [-0.4, -0.2) is 16.1 Å². The van der Waals surface area contributed by atoms with Gasteiger partial charge in [0.05, 0.1) is 5.69 Å². The van der Waals surface area contributed by atoms with Crippen molar-refractivity contribution in [3.8, 4) is 5.69 Å². The molecule has 0 amide bonds. The van der Waals surface area contributed by atoms with Gasteiger partial charge in [0.1, 0.15) is 5.82 Å². The SMILES string of the molecule is CCCNCc1cc(Cl)ccc1-n1ccnc1C. The summed E-state index contributed by atoms with van der Waals surface area (Å²) in [6, 6.07) is 5.97. The fourth-order valence-corrected chi connectivity index (χ4v) is 2.16. The molecule has 1 aromatic heterocycles. The Morgan fingerprint density at radius 3 is 2.89 bits per heavy atom. The first-order valence-corrected chi connectivity index (χ1v) is 6.59. The molecule has 3 nitrogen and oxygen atoms in total. The predicted molar refractivity (Wildman–Crippen MR) is 75.3 cm³/mol. The molecule has 2 aromatic rings. The molecule has 96 valence electrons. The summed E-state index contributed by atoms with van der Waals surface area (Å²) >= 11 is 6.08. The number of nitrogens with zero attached hydrogens (tertiary/aromatic N) is 2. The van der Waals surface area contributed by atoms with Crippen molar-refractivity contribution in [1.29, 1.82) is 0 Å². The number of imidazole rings is 1. The van der Waals surface area contributed by atoms with E-state index in [1.54, 1.807) is 0 Å². The minimum atomic E-state index is 0.768. The van der Waals surface area contributed by atoms with E-state index in [4.69, 9.17) is 11.6 Å². The Morgan fingerprint density at radius 1 is 1.39 bits per heavy atom. The molecule has 0 saturated carbocycles. The van der Waals surface area contributed by atoms with Gasteiger partial charge >= 0.3 is 0 Å². The van der Waals surface area contributed by atoms with Crippen molar-refractivity contribution < 1.29 is 0 Å². The van der Waals surface area contributed by atoms with E-state index in [2.05, 4.69) is 21.8 Å². The average Bonchev–Trinajstić information content (AvgIpc) is 2.76. The summed E-state index contributed by atoms with van der Waals surface area (Å²) in [7, 11) is 0. The molecule has 0 unspecified atom stereocenters. The Labute approximate surface area is 113 Å². The number of hydrogen-bond acceptors (Lipinski definition) is 2. The first-order valence-electron chi connectivity index (χ1n) is 6.22. The van der Waals surface area contributed by atoms with Crippen molar-refractivity contribution in [3.63, 3.8) is 0 Å². The lowest BCUT2D eigenvalue weighted by molar-refractivity contribution is 0.672. The topological polar surface area (TPSA) is 29.9 Å². The first kappa shape index (κ1) is 13.1. The molecule has 0 aliphatic carbocycles. The fourth-order valence-electron chi connectivity index (χ4n) is 1.96. The van der Waals surface area contributed by atoms with Crippen LogP contribution in [0.3, 0.4) is 0 Å². The highest BCUT2D eigenvalue weighted by molar-refractivity contribution is 6.30. The van der Waals surface area contributed by atoms with Gasteiger partial charge in [0.25, 0.3) is 0 Å². The Balaban J connectivity index is 2.32. The third kappa shape index (κ3) is 2.92. The lowest BCUT2D eigenvalue weighted by atomic mass is 10.1. The minimum Gasteiger partial charge on any atom is -0.313 e. The normalized spacial score (nSPS) is 10.8. The second-order valence-corrected chi connectivity index (χ2v) is 4.73. The van der Waals surface area contributed by atoms with E-state index < -0.39 is 0 Å². The summed E-state index contributed by atoms with van der Waals surface area (Å²) in [5.41, 5.74) is 2.33. The van der Waals surface area contributed by atoms with Gasteiger partial charge in [-0.2, -0.15) is 0 Å². The van der Waals surface area contributed by atoms with E-state index in [1.165, 1.54) is 5.56 Å². The van der Waals surface area contributed by atoms with Crippen LogP contribution in [0.25, 0.3) is 5.69 Å². The number of aromatic nitrogens is 2. The maximum Gasteiger partial charge on any atom is 0.110 e. The number of halogens is 1. The van der Waals surface area contributed by atoms with Crippen molar-refractivity contribution in [2.45, 2.75) is 26.8 Å². The Kier molecular flexibility index (Phi) is 4.39. The van der Waals surface area contributed by atoms with Crippen molar-refractivity contribution in [2.75, 3.05) is 6.54 Å². The third-order valence-corrected chi connectivity index (χ3v) is 3.10. The van der Waals surface area contributed by atoms with Gasteiger partial charge in [-0.15, -0.1) is 0 Å². The molecule has 1 N–H and O–H groups in total. The molecular formula is C14H18ClN3. The Morgan fingerprint density at radius 2 is 2.22 bits per heavy atom. The van der Waals surface area contributed by atoms with Crippen molar-refractivity contribution in [3.05, 3.63) is 47.0 Å². The smallest absolute Gasteiger partial charge is 0.110 e. The number of rotatable bonds is 5. The number of hydrogen-bond donors (Lipinski definition) is 1. The zero-order chi connectivity index (χ0) is 13.0. The Hall–Kier alpha value is -1.32. The predicted octanol–water partition coefficient (Wildman–Crippen LogP) is 3.33. The van der Waals surface area contributed by atoms with Gasteiger partial charge in [-0.05, 0) is 43.7 Å². The molecule has 18 heavy (non-hydrogen) atoms. The molecule has 1 heterocycles. The first-order chi connectivity index (χ1) is 8.72. The van der Waals surface area contributed by atoms with E-state index in [0.717, 1.165) is 36.0 Å². The zero-order valence-electron chi connectivity index (χ0n) is 10.8. The zero-order valence-corrected chi connectivity index (χ0v) is 11.5. The quantitative estimate of drug-likeness (QED) is 0.839. The highest BCUT2D eigenvalue weighted by Crippen LogP contribution is 2.20. The largest absolute Gasteiger partial charge is 0.313 e. The lowest BCUT2D eigenvalue weighted by Gasteiger charge is -2.13. The molecule has 0 atom stereocenters. The van der Waals surface area contributed by atoms with E-state index in [9.17, 15) is 0 Å². The lowest BCUT2D eigenvalue weighted by Crippen LogP contribution is -2.15. The van der Waals surface area contributed by atoms with E-state index >= 15 is 0 Å². The second-order valence-electron chi connectivity index (χ2n) is 4.29. The molecule has 0 bridgehead atoms. The molecular weight excluding hydrogens is 246 g/mol. The van der Waals surface area contributed by atoms with Crippen LogP contribution in [0, 0.1) is 6.92 Å². The van der Waals surface area contributed by atoms with Crippen LogP contribution in [0.2, 0.25) is 5.02 Å². The monoisotopic (exact) mass is 263 g/mol. The van der Waals surface area contributed by atoms with E-state index in [1.807, 2.05) is 37.5 Å². The summed E-state index contributed by atoms with van der Waals surface area (Å²) in [5.74, 6) is 0.981. The molecule has 0 aliphatic rings. The van der Waals surface area contributed by atoms with Gasteiger partial charge in [0.15, 0.2) is 0 Å².